The first-order valence-electron chi connectivity index (χ1n) is 9.77. The molecule has 1 heterocycles. The number of nitrogens with one attached hydrogen (secondary N) is 1. The van der Waals surface area contributed by atoms with Gasteiger partial charge in [-0.05, 0) is 54.6 Å². The van der Waals surface area contributed by atoms with E-state index in [4.69, 9.17) is 27.6 Å². The lowest BCUT2D eigenvalue weighted by Crippen LogP contribution is -2.41. The standard InChI is InChI=1S/C22H22Cl2N2O4S2/c23-17-12-18(24)14-19(13-17)26(32(28,29)21-7-2-1-3-8-21)15-22(27)25-9-5-11-31-16-20-6-4-10-30-20/h1-4,6-8,10,12-14H,5,9,11,15-16H2,(H,25,27). The van der Waals surface area contributed by atoms with Crippen LogP contribution >= 0.6 is 35.0 Å². The normalized spacial score (nSPS) is 11.3. The zero-order chi connectivity index (χ0) is 23.0. The van der Waals surface area contributed by atoms with Crippen LogP contribution in [0.25, 0.3) is 0 Å². The number of carbonyl (C=O) groups is 1. The van der Waals surface area contributed by atoms with Crippen LogP contribution in [0.3, 0.4) is 0 Å². The Labute approximate surface area is 201 Å². The van der Waals surface area contributed by atoms with Crippen LogP contribution in [0, 0.1) is 0 Å². The lowest BCUT2D eigenvalue weighted by molar-refractivity contribution is -0.119. The van der Waals surface area contributed by atoms with Crippen LogP contribution in [0.2, 0.25) is 10.0 Å². The van der Waals surface area contributed by atoms with Crippen LogP contribution in [-0.4, -0.2) is 33.2 Å². The average Bonchev–Trinajstić information content (AvgIpc) is 3.28. The summed E-state index contributed by atoms with van der Waals surface area (Å²) in [6.45, 7) is 0.0347. The predicted molar refractivity (Wildman–Crippen MR) is 130 cm³/mol. The number of thioether (sulfide) groups is 1. The third-order valence-electron chi connectivity index (χ3n) is 4.37. The highest BCUT2D eigenvalue weighted by Gasteiger charge is 2.27. The molecule has 0 aliphatic rings. The quantitative estimate of drug-likeness (QED) is 0.356. The summed E-state index contributed by atoms with van der Waals surface area (Å²) in [4.78, 5) is 12.7. The first-order valence-corrected chi connectivity index (χ1v) is 13.1. The van der Waals surface area contributed by atoms with Gasteiger partial charge in [0.1, 0.15) is 12.3 Å². The number of sulfonamides is 1. The molecule has 0 unspecified atom stereocenters. The van der Waals surface area contributed by atoms with Crippen LogP contribution in [0.4, 0.5) is 5.69 Å². The van der Waals surface area contributed by atoms with Gasteiger partial charge in [0.05, 0.1) is 22.6 Å². The number of amides is 1. The molecule has 0 saturated heterocycles. The van der Waals surface area contributed by atoms with E-state index in [0.29, 0.717) is 6.54 Å². The Bertz CT molecular complexity index is 1100. The molecule has 3 rings (SSSR count). The number of nitrogens with zero attached hydrogens (tertiary/aromatic N) is 1. The zero-order valence-electron chi connectivity index (χ0n) is 17.0. The van der Waals surface area contributed by atoms with Gasteiger partial charge < -0.3 is 9.73 Å². The van der Waals surface area contributed by atoms with E-state index >= 15 is 0 Å². The predicted octanol–water partition coefficient (Wildman–Crippen LogP) is 5.22. The van der Waals surface area contributed by atoms with Crippen molar-refractivity contribution >= 4 is 56.6 Å². The monoisotopic (exact) mass is 512 g/mol. The molecule has 1 N–H and O–H groups in total. The molecule has 1 amide bonds. The number of carbonyl (C=O) groups excluding carboxylic acids is 1. The average molecular weight is 513 g/mol. The van der Waals surface area contributed by atoms with Crippen molar-refractivity contribution in [1.82, 2.24) is 5.32 Å². The van der Waals surface area contributed by atoms with Crippen molar-refractivity contribution in [3.05, 3.63) is 82.7 Å². The second-order valence-corrected chi connectivity index (χ2v) is 10.6. The van der Waals surface area contributed by atoms with Crippen LogP contribution in [0.1, 0.15) is 12.2 Å². The second-order valence-electron chi connectivity index (χ2n) is 6.79. The van der Waals surface area contributed by atoms with Gasteiger partial charge in [-0.25, -0.2) is 8.42 Å². The van der Waals surface area contributed by atoms with Gasteiger partial charge >= 0.3 is 0 Å². The van der Waals surface area contributed by atoms with Crippen molar-refractivity contribution in [3.8, 4) is 0 Å². The number of furan rings is 1. The van der Waals surface area contributed by atoms with Crippen molar-refractivity contribution in [1.29, 1.82) is 0 Å². The second kappa shape index (κ2) is 11.7. The van der Waals surface area contributed by atoms with Gasteiger partial charge in [0, 0.05) is 16.6 Å². The Morgan fingerprint density at radius 2 is 1.75 bits per heavy atom. The maximum atomic E-state index is 13.3. The minimum absolute atomic E-state index is 0.0678. The van der Waals surface area contributed by atoms with Crippen molar-refractivity contribution in [2.75, 3.05) is 23.1 Å². The smallest absolute Gasteiger partial charge is 0.264 e. The molecule has 0 aliphatic carbocycles. The summed E-state index contributed by atoms with van der Waals surface area (Å²) < 4.78 is 32.8. The van der Waals surface area contributed by atoms with Crippen LogP contribution in [0.15, 0.2) is 76.2 Å². The summed E-state index contributed by atoms with van der Waals surface area (Å²) in [5.41, 5.74) is 0.218. The van der Waals surface area contributed by atoms with E-state index in [1.165, 1.54) is 30.3 Å². The molecule has 10 heteroatoms. The Kier molecular flexibility index (Phi) is 8.92. The number of anilines is 1. The molecular weight excluding hydrogens is 491 g/mol. The number of hydrogen-bond acceptors (Lipinski definition) is 5. The van der Waals surface area contributed by atoms with Gasteiger partial charge in [0.15, 0.2) is 0 Å². The van der Waals surface area contributed by atoms with E-state index in [9.17, 15) is 13.2 Å². The largest absolute Gasteiger partial charge is 0.468 e. The highest BCUT2D eigenvalue weighted by Crippen LogP contribution is 2.29. The van der Waals surface area contributed by atoms with E-state index in [-0.39, 0.29) is 20.6 Å². The third kappa shape index (κ3) is 6.93. The van der Waals surface area contributed by atoms with Crippen LogP contribution < -0.4 is 9.62 Å². The molecule has 0 fully saturated rings. The summed E-state index contributed by atoms with van der Waals surface area (Å²) in [6, 6.07) is 16.1. The highest BCUT2D eigenvalue weighted by atomic mass is 35.5. The summed E-state index contributed by atoms with van der Waals surface area (Å²) in [5.74, 6) is 2.08. The molecule has 1 aromatic heterocycles. The molecule has 170 valence electrons. The van der Waals surface area contributed by atoms with Crippen molar-refractivity contribution < 1.29 is 17.6 Å². The van der Waals surface area contributed by atoms with Crippen molar-refractivity contribution in [2.45, 2.75) is 17.1 Å². The molecule has 0 aliphatic heterocycles. The molecule has 2 aromatic carbocycles. The molecular formula is C22H22Cl2N2O4S2. The summed E-state index contributed by atoms with van der Waals surface area (Å²) in [5, 5.41) is 3.33. The minimum Gasteiger partial charge on any atom is -0.468 e. The number of hydrogen-bond donors (Lipinski definition) is 1. The molecule has 3 aromatic rings. The fraction of sp³-hybridized carbons (Fsp3) is 0.227. The van der Waals surface area contributed by atoms with E-state index in [1.54, 1.807) is 36.2 Å². The SMILES string of the molecule is O=C(CN(c1cc(Cl)cc(Cl)c1)S(=O)(=O)c1ccccc1)NCCCSCc1ccco1. The topological polar surface area (TPSA) is 79.6 Å². The molecule has 0 atom stereocenters. The molecule has 6 nitrogen and oxygen atoms in total. The highest BCUT2D eigenvalue weighted by molar-refractivity contribution is 7.98. The van der Waals surface area contributed by atoms with E-state index in [1.807, 2.05) is 12.1 Å². The Hall–Kier alpha value is -2.13. The fourth-order valence-electron chi connectivity index (χ4n) is 2.87. The number of halogens is 2. The van der Waals surface area contributed by atoms with Gasteiger partial charge in [-0.3, -0.25) is 9.10 Å². The third-order valence-corrected chi connectivity index (χ3v) is 7.66. The lowest BCUT2D eigenvalue weighted by atomic mass is 10.3. The maximum Gasteiger partial charge on any atom is 0.264 e. The molecule has 0 saturated carbocycles. The van der Waals surface area contributed by atoms with Crippen LogP contribution in [0.5, 0.6) is 0 Å². The molecule has 0 spiro atoms. The Morgan fingerprint density at radius 1 is 1.03 bits per heavy atom. The van der Waals surface area contributed by atoms with Crippen molar-refractivity contribution in [2.24, 2.45) is 0 Å². The Balaban J connectivity index is 1.64. The van der Waals surface area contributed by atoms with E-state index in [0.717, 1.165) is 28.0 Å². The summed E-state index contributed by atoms with van der Waals surface area (Å²) in [6.07, 6.45) is 2.38. The minimum atomic E-state index is -4.01. The van der Waals surface area contributed by atoms with Gasteiger partial charge in [-0.15, -0.1) is 0 Å². The number of rotatable bonds is 11. The van der Waals surface area contributed by atoms with Crippen molar-refractivity contribution in [3.63, 3.8) is 0 Å². The summed E-state index contributed by atoms with van der Waals surface area (Å²) >= 11 is 13.9. The summed E-state index contributed by atoms with van der Waals surface area (Å²) in [7, 11) is -4.01. The first kappa shape index (κ1) is 24.5. The first-order chi connectivity index (χ1) is 15.4. The molecule has 0 bridgehead atoms. The Morgan fingerprint density at radius 3 is 2.41 bits per heavy atom. The molecule has 0 radical (unpaired) electrons. The molecule has 32 heavy (non-hydrogen) atoms. The zero-order valence-corrected chi connectivity index (χ0v) is 20.2. The number of benzene rings is 2. The van der Waals surface area contributed by atoms with E-state index in [2.05, 4.69) is 5.32 Å². The van der Waals surface area contributed by atoms with Gasteiger partial charge in [-0.2, -0.15) is 11.8 Å². The van der Waals surface area contributed by atoms with E-state index < -0.39 is 22.5 Å². The van der Waals surface area contributed by atoms with Crippen LogP contribution in [-0.2, 0) is 20.6 Å². The lowest BCUT2D eigenvalue weighted by Gasteiger charge is -2.24. The fourth-order valence-corrected chi connectivity index (χ4v) is 5.67. The van der Waals surface area contributed by atoms with Gasteiger partial charge in [0.2, 0.25) is 5.91 Å². The maximum absolute atomic E-state index is 13.3. The van der Waals surface area contributed by atoms with Gasteiger partial charge in [0.25, 0.3) is 10.0 Å². The van der Waals surface area contributed by atoms with Gasteiger partial charge in [-0.1, -0.05) is 41.4 Å².